The minimum Gasteiger partial charge on any atom is -0.486 e. The topological polar surface area (TPSA) is 112 Å². The lowest BCUT2D eigenvalue weighted by Gasteiger charge is -2.29. The molecular weight excluding hydrogens is 448 g/mol. The molecule has 0 unspecified atom stereocenters. The highest BCUT2D eigenvalue weighted by Gasteiger charge is 2.43. The fourth-order valence-electron chi connectivity index (χ4n) is 4.98. The molecule has 1 saturated carbocycles. The summed E-state index contributed by atoms with van der Waals surface area (Å²) in [4.78, 5) is 39.4. The highest BCUT2D eigenvalue weighted by Crippen LogP contribution is 2.44. The van der Waals surface area contributed by atoms with Crippen molar-refractivity contribution in [1.82, 2.24) is 20.6 Å². The molecule has 1 fully saturated rings. The highest BCUT2D eigenvalue weighted by atomic mass is 16.6. The number of hydrogen-bond donors (Lipinski definition) is 2. The molecule has 9 nitrogen and oxygen atoms in total. The number of carbonyl (C=O) groups excluding carboxylic acids is 2. The van der Waals surface area contributed by atoms with Gasteiger partial charge in [-0.3, -0.25) is 25.2 Å². The van der Waals surface area contributed by atoms with Crippen LogP contribution in [0.1, 0.15) is 61.6 Å². The molecule has 9 heteroatoms. The minimum absolute atomic E-state index is 0.0778. The molecule has 0 saturated heterocycles. The van der Waals surface area contributed by atoms with Crippen LogP contribution in [0.2, 0.25) is 0 Å². The lowest BCUT2D eigenvalue weighted by molar-refractivity contribution is -0.127. The number of ether oxygens (including phenoxy) is 2. The Morgan fingerprint density at radius 3 is 2.37 bits per heavy atom. The van der Waals surface area contributed by atoms with Crippen molar-refractivity contribution in [3.8, 4) is 11.5 Å². The average Bonchev–Trinajstić information content (AvgIpc) is 3.38. The smallest absolute Gasteiger partial charge is 0.290 e. The maximum absolute atomic E-state index is 13.5. The van der Waals surface area contributed by atoms with Crippen molar-refractivity contribution < 1.29 is 19.1 Å². The van der Waals surface area contributed by atoms with Crippen LogP contribution in [0.3, 0.4) is 0 Å². The Labute approximate surface area is 202 Å². The van der Waals surface area contributed by atoms with Crippen molar-refractivity contribution in [3.63, 3.8) is 0 Å². The number of benzene rings is 2. The molecule has 1 aliphatic heterocycles. The van der Waals surface area contributed by atoms with E-state index in [1.807, 2.05) is 32.0 Å². The molecule has 5 rings (SSSR count). The van der Waals surface area contributed by atoms with Crippen molar-refractivity contribution in [2.24, 2.45) is 0 Å². The Bertz CT molecular complexity index is 1360. The Hall–Kier alpha value is -3.88. The molecule has 2 amide bonds. The van der Waals surface area contributed by atoms with Crippen LogP contribution < -0.4 is 25.9 Å². The lowest BCUT2D eigenvalue weighted by atomic mass is 9.78. The number of amides is 2. The van der Waals surface area contributed by atoms with Gasteiger partial charge in [-0.25, -0.2) is 4.68 Å². The predicted octanol–water partition coefficient (Wildman–Crippen LogP) is 3.02. The van der Waals surface area contributed by atoms with Gasteiger partial charge >= 0.3 is 0 Å². The first-order chi connectivity index (χ1) is 16.9. The van der Waals surface area contributed by atoms with Gasteiger partial charge in [0.25, 0.3) is 11.5 Å². The molecular formula is C26H28N4O5. The quantitative estimate of drug-likeness (QED) is 0.560. The van der Waals surface area contributed by atoms with E-state index in [9.17, 15) is 14.4 Å². The summed E-state index contributed by atoms with van der Waals surface area (Å²) in [6.45, 7) is 4.61. The van der Waals surface area contributed by atoms with Crippen LogP contribution in [0, 0.1) is 0 Å². The number of nitrogens with zero attached hydrogens (tertiary/aromatic N) is 2. The maximum Gasteiger partial charge on any atom is 0.290 e. The summed E-state index contributed by atoms with van der Waals surface area (Å²) in [6.07, 6.45) is 3.13. The zero-order chi connectivity index (χ0) is 24.6. The third-order valence-electron chi connectivity index (χ3n) is 6.81. The Kier molecular flexibility index (Phi) is 5.92. The van der Waals surface area contributed by atoms with Crippen molar-refractivity contribution >= 4 is 22.6 Å². The molecule has 2 aromatic carbocycles. The van der Waals surface area contributed by atoms with Crippen LogP contribution in [-0.4, -0.2) is 34.8 Å². The van der Waals surface area contributed by atoms with E-state index in [1.54, 1.807) is 24.3 Å². The van der Waals surface area contributed by atoms with Crippen LogP contribution in [-0.2, 0) is 10.2 Å². The first-order valence-corrected chi connectivity index (χ1v) is 11.9. The van der Waals surface area contributed by atoms with Crippen LogP contribution >= 0.6 is 0 Å². The van der Waals surface area contributed by atoms with Gasteiger partial charge in [0.15, 0.2) is 17.2 Å². The maximum atomic E-state index is 13.5. The first-order valence-electron chi connectivity index (χ1n) is 11.9. The number of aromatic nitrogens is 2. The molecule has 2 heterocycles. The molecule has 2 aliphatic rings. The monoisotopic (exact) mass is 476 g/mol. The summed E-state index contributed by atoms with van der Waals surface area (Å²) in [5.41, 5.74) is 5.04. The van der Waals surface area contributed by atoms with Gasteiger partial charge in [-0.05, 0) is 50.5 Å². The molecule has 0 radical (unpaired) electrons. The van der Waals surface area contributed by atoms with E-state index in [-0.39, 0.29) is 23.2 Å². The van der Waals surface area contributed by atoms with Gasteiger partial charge in [0, 0.05) is 5.39 Å². The van der Waals surface area contributed by atoms with Gasteiger partial charge in [0.2, 0.25) is 5.91 Å². The van der Waals surface area contributed by atoms with E-state index in [1.165, 1.54) is 4.68 Å². The number of hydrazine groups is 1. The summed E-state index contributed by atoms with van der Waals surface area (Å²) in [7, 11) is 0. The second kappa shape index (κ2) is 9.05. The van der Waals surface area contributed by atoms with Gasteiger partial charge in [-0.15, -0.1) is 0 Å². The SMILES string of the molecule is CC(C)n1nc(C(=O)NNC(=O)C2(c3ccc4c(c3)OCCO4)CCCC2)c2ccccc2c1=O. The van der Waals surface area contributed by atoms with E-state index >= 15 is 0 Å². The fourth-order valence-corrected chi connectivity index (χ4v) is 4.98. The second-order valence-electron chi connectivity index (χ2n) is 9.29. The minimum atomic E-state index is -0.782. The number of hydrogen-bond acceptors (Lipinski definition) is 6. The molecule has 1 aliphatic carbocycles. The lowest BCUT2D eigenvalue weighted by Crippen LogP contribution is -2.51. The average molecular weight is 477 g/mol. The van der Waals surface area contributed by atoms with Crippen LogP contribution in [0.25, 0.3) is 10.8 Å². The van der Waals surface area contributed by atoms with Crippen molar-refractivity contribution in [1.29, 1.82) is 0 Å². The number of fused-ring (bicyclic) bond motifs is 2. The molecule has 1 aromatic heterocycles. The van der Waals surface area contributed by atoms with Crippen LogP contribution in [0.4, 0.5) is 0 Å². The number of rotatable bonds is 4. The third kappa shape index (κ3) is 4.00. The van der Waals surface area contributed by atoms with Gasteiger partial charge in [0.05, 0.1) is 16.8 Å². The fraction of sp³-hybridized carbons (Fsp3) is 0.385. The second-order valence-corrected chi connectivity index (χ2v) is 9.29. The van der Waals surface area contributed by atoms with E-state index in [2.05, 4.69) is 16.0 Å². The Morgan fingerprint density at radius 1 is 0.971 bits per heavy atom. The molecule has 2 N–H and O–H groups in total. The molecule has 0 bridgehead atoms. The summed E-state index contributed by atoms with van der Waals surface area (Å²) >= 11 is 0. The van der Waals surface area contributed by atoms with Crippen molar-refractivity contribution in [3.05, 3.63) is 64.1 Å². The first kappa shape index (κ1) is 22.9. The summed E-state index contributed by atoms with van der Waals surface area (Å²) < 4.78 is 12.6. The zero-order valence-corrected chi connectivity index (χ0v) is 19.8. The molecule has 182 valence electrons. The third-order valence-corrected chi connectivity index (χ3v) is 6.81. The van der Waals surface area contributed by atoms with E-state index in [0.717, 1.165) is 18.4 Å². The van der Waals surface area contributed by atoms with Gasteiger partial charge < -0.3 is 9.47 Å². The Morgan fingerprint density at radius 2 is 1.66 bits per heavy atom. The van der Waals surface area contributed by atoms with Gasteiger partial charge in [0.1, 0.15) is 13.2 Å². The zero-order valence-electron chi connectivity index (χ0n) is 19.8. The van der Waals surface area contributed by atoms with E-state index in [0.29, 0.717) is 48.3 Å². The van der Waals surface area contributed by atoms with Gasteiger partial charge in [-0.1, -0.05) is 37.1 Å². The molecule has 0 spiro atoms. The summed E-state index contributed by atoms with van der Waals surface area (Å²) in [5, 5.41) is 5.14. The molecule has 3 aromatic rings. The molecule has 35 heavy (non-hydrogen) atoms. The van der Waals surface area contributed by atoms with Crippen molar-refractivity contribution in [2.45, 2.75) is 51.0 Å². The predicted molar refractivity (Wildman–Crippen MR) is 130 cm³/mol. The highest BCUT2D eigenvalue weighted by molar-refractivity contribution is 6.05. The molecule has 0 atom stereocenters. The van der Waals surface area contributed by atoms with E-state index in [4.69, 9.17) is 9.47 Å². The van der Waals surface area contributed by atoms with E-state index < -0.39 is 11.3 Å². The van der Waals surface area contributed by atoms with Gasteiger partial charge in [-0.2, -0.15) is 5.10 Å². The Balaban J connectivity index is 1.42. The van der Waals surface area contributed by atoms with Crippen LogP contribution in [0.15, 0.2) is 47.3 Å². The van der Waals surface area contributed by atoms with Crippen molar-refractivity contribution in [2.75, 3.05) is 13.2 Å². The normalized spacial score (nSPS) is 16.3. The largest absolute Gasteiger partial charge is 0.486 e. The van der Waals surface area contributed by atoms with Crippen LogP contribution in [0.5, 0.6) is 11.5 Å². The summed E-state index contributed by atoms with van der Waals surface area (Å²) in [5.74, 6) is 0.421. The number of carbonyl (C=O) groups is 2. The standard InChI is InChI=1S/C26H28N4O5/c1-16(2)30-24(32)19-8-4-3-7-18(19)22(29-30)23(31)27-28-25(33)26(11-5-6-12-26)17-9-10-20-21(15-17)35-14-13-34-20/h3-4,7-10,15-16H,5-6,11-14H2,1-2H3,(H,27,31)(H,28,33). The summed E-state index contributed by atoms with van der Waals surface area (Å²) in [6, 6.07) is 12.2. The number of nitrogens with one attached hydrogen (secondary N) is 2.